The lowest BCUT2D eigenvalue weighted by Crippen LogP contribution is -2.41. The van der Waals surface area contributed by atoms with Crippen molar-refractivity contribution in [3.8, 4) is 5.75 Å². The fourth-order valence-electron chi connectivity index (χ4n) is 2.27. The second-order valence-electron chi connectivity index (χ2n) is 6.06. The Bertz CT molecular complexity index is 917. The van der Waals surface area contributed by atoms with E-state index in [9.17, 15) is 31.9 Å². The fraction of sp³-hybridized carbons (Fsp3) is 0.211. The van der Waals surface area contributed by atoms with E-state index in [0.717, 1.165) is 23.1 Å². The molecule has 0 saturated carbocycles. The zero-order valence-electron chi connectivity index (χ0n) is 15.6. The molecule has 11 heteroatoms. The van der Waals surface area contributed by atoms with Gasteiger partial charge in [0.25, 0.3) is 5.91 Å². The van der Waals surface area contributed by atoms with Crippen molar-refractivity contribution in [2.45, 2.75) is 6.36 Å². The first kappa shape index (κ1) is 22.7. The summed E-state index contributed by atoms with van der Waals surface area (Å²) in [7, 11) is 1.33. The number of anilines is 1. The number of carbonyl (C=O) groups is 3. The SMILES string of the molecule is CN(CC(=O)Nc1ccc(OC(F)(F)F)cc1)C(=O)CNC(=O)c1cccc(F)c1. The number of nitrogens with one attached hydrogen (secondary N) is 2. The number of alkyl halides is 3. The third-order valence-electron chi connectivity index (χ3n) is 3.67. The third-order valence-corrected chi connectivity index (χ3v) is 3.67. The van der Waals surface area contributed by atoms with E-state index in [1.54, 1.807) is 0 Å². The van der Waals surface area contributed by atoms with Crippen LogP contribution >= 0.6 is 0 Å². The van der Waals surface area contributed by atoms with E-state index < -0.39 is 42.2 Å². The molecular formula is C19H17F4N3O4. The summed E-state index contributed by atoms with van der Waals surface area (Å²) in [4.78, 5) is 37.0. The van der Waals surface area contributed by atoms with Crippen LogP contribution < -0.4 is 15.4 Å². The second-order valence-corrected chi connectivity index (χ2v) is 6.06. The van der Waals surface area contributed by atoms with Crippen LogP contribution in [0.1, 0.15) is 10.4 Å². The highest BCUT2D eigenvalue weighted by atomic mass is 19.4. The van der Waals surface area contributed by atoms with Crippen LogP contribution in [0.4, 0.5) is 23.2 Å². The molecule has 2 rings (SSSR count). The standard InChI is InChI=1S/C19H17F4N3O4/c1-26(17(28)10-24-18(29)12-3-2-4-13(20)9-12)11-16(27)25-14-5-7-15(8-6-14)30-19(21,22)23/h2-9H,10-11H2,1H3,(H,24,29)(H,25,27). The van der Waals surface area contributed by atoms with Gasteiger partial charge in [0, 0.05) is 18.3 Å². The number of amides is 3. The van der Waals surface area contributed by atoms with Crippen LogP contribution in [0.15, 0.2) is 48.5 Å². The quantitative estimate of drug-likeness (QED) is 0.665. The molecular weight excluding hydrogens is 410 g/mol. The normalized spacial score (nSPS) is 10.8. The minimum absolute atomic E-state index is 0.0427. The first-order valence-electron chi connectivity index (χ1n) is 8.47. The zero-order valence-corrected chi connectivity index (χ0v) is 15.6. The van der Waals surface area contributed by atoms with Crippen LogP contribution in [-0.4, -0.2) is 49.1 Å². The van der Waals surface area contributed by atoms with Gasteiger partial charge in [0.1, 0.15) is 11.6 Å². The topological polar surface area (TPSA) is 87.7 Å². The molecule has 3 amide bonds. The molecule has 0 spiro atoms. The Kier molecular flexibility index (Phi) is 7.34. The van der Waals surface area contributed by atoms with Crippen molar-refractivity contribution in [2.24, 2.45) is 0 Å². The van der Waals surface area contributed by atoms with E-state index in [2.05, 4.69) is 15.4 Å². The molecule has 0 atom stereocenters. The first-order chi connectivity index (χ1) is 14.0. The lowest BCUT2D eigenvalue weighted by molar-refractivity contribution is -0.274. The van der Waals surface area contributed by atoms with Crippen molar-refractivity contribution < 1.29 is 36.7 Å². The van der Waals surface area contributed by atoms with Gasteiger partial charge < -0.3 is 20.3 Å². The molecule has 0 heterocycles. The number of likely N-dealkylation sites (N-methyl/N-ethyl adjacent to an activating group) is 1. The number of ether oxygens (including phenoxy) is 1. The molecule has 2 aromatic carbocycles. The Morgan fingerprint density at radius 2 is 1.73 bits per heavy atom. The van der Waals surface area contributed by atoms with E-state index in [1.807, 2.05) is 0 Å². The summed E-state index contributed by atoms with van der Waals surface area (Å²) in [6.45, 7) is -0.780. The van der Waals surface area contributed by atoms with Crippen molar-refractivity contribution in [3.05, 3.63) is 59.9 Å². The van der Waals surface area contributed by atoms with Crippen molar-refractivity contribution in [1.82, 2.24) is 10.2 Å². The van der Waals surface area contributed by atoms with Crippen LogP contribution in [0.3, 0.4) is 0 Å². The van der Waals surface area contributed by atoms with Gasteiger partial charge in [-0.15, -0.1) is 13.2 Å². The minimum atomic E-state index is -4.82. The molecule has 2 aromatic rings. The summed E-state index contributed by atoms with van der Waals surface area (Å²) in [5, 5.41) is 4.74. The molecule has 0 aliphatic heterocycles. The number of carbonyl (C=O) groups excluding carboxylic acids is 3. The highest BCUT2D eigenvalue weighted by Gasteiger charge is 2.31. The van der Waals surface area contributed by atoms with Crippen molar-refractivity contribution in [1.29, 1.82) is 0 Å². The van der Waals surface area contributed by atoms with Crippen molar-refractivity contribution >= 4 is 23.4 Å². The molecule has 0 aromatic heterocycles. The van der Waals surface area contributed by atoms with Crippen LogP contribution in [0.25, 0.3) is 0 Å². The van der Waals surface area contributed by atoms with Gasteiger partial charge in [0.15, 0.2) is 0 Å². The van der Waals surface area contributed by atoms with Gasteiger partial charge in [-0.2, -0.15) is 0 Å². The van der Waals surface area contributed by atoms with Gasteiger partial charge in [0.2, 0.25) is 11.8 Å². The molecule has 0 fully saturated rings. The average molecular weight is 427 g/mol. The van der Waals surface area contributed by atoms with Crippen molar-refractivity contribution in [3.63, 3.8) is 0 Å². The Morgan fingerprint density at radius 3 is 2.33 bits per heavy atom. The van der Waals surface area contributed by atoms with Gasteiger partial charge in [-0.3, -0.25) is 14.4 Å². The summed E-state index contributed by atoms with van der Waals surface area (Å²) in [6.07, 6.45) is -4.82. The summed E-state index contributed by atoms with van der Waals surface area (Å²) in [5.74, 6) is -2.87. The number of nitrogens with zero attached hydrogens (tertiary/aromatic N) is 1. The molecule has 0 bridgehead atoms. The number of hydrogen-bond acceptors (Lipinski definition) is 4. The number of rotatable bonds is 7. The predicted molar refractivity (Wildman–Crippen MR) is 98.1 cm³/mol. The van der Waals surface area contributed by atoms with E-state index in [1.165, 1.54) is 37.4 Å². The molecule has 0 unspecified atom stereocenters. The summed E-state index contributed by atoms with van der Waals surface area (Å²) in [5.41, 5.74) is 0.246. The second kappa shape index (κ2) is 9.72. The maximum atomic E-state index is 13.1. The fourth-order valence-corrected chi connectivity index (χ4v) is 2.27. The smallest absolute Gasteiger partial charge is 0.406 e. The van der Waals surface area contributed by atoms with Crippen LogP contribution in [0.5, 0.6) is 5.75 Å². The molecule has 0 aliphatic rings. The van der Waals surface area contributed by atoms with E-state index in [4.69, 9.17) is 0 Å². The Morgan fingerprint density at radius 1 is 1.07 bits per heavy atom. The Labute approximate surface area is 168 Å². The van der Waals surface area contributed by atoms with Gasteiger partial charge in [0.05, 0.1) is 13.1 Å². The molecule has 2 N–H and O–H groups in total. The predicted octanol–water partition coefficient (Wildman–Crippen LogP) is 2.55. The Hall–Kier alpha value is -3.63. The Balaban J connectivity index is 1.80. The largest absolute Gasteiger partial charge is 0.573 e. The third kappa shape index (κ3) is 7.41. The first-order valence-corrected chi connectivity index (χ1v) is 8.47. The highest BCUT2D eigenvalue weighted by Crippen LogP contribution is 2.23. The zero-order chi connectivity index (χ0) is 22.3. The average Bonchev–Trinajstić information content (AvgIpc) is 2.66. The summed E-state index contributed by atoms with van der Waals surface area (Å²) in [6, 6.07) is 9.39. The van der Waals surface area contributed by atoms with Gasteiger partial charge >= 0.3 is 6.36 Å². The monoisotopic (exact) mass is 427 g/mol. The molecule has 0 saturated heterocycles. The van der Waals surface area contributed by atoms with Gasteiger partial charge in [-0.05, 0) is 42.5 Å². The van der Waals surface area contributed by atoms with E-state index >= 15 is 0 Å². The molecule has 7 nitrogen and oxygen atoms in total. The molecule has 30 heavy (non-hydrogen) atoms. The maximum Gasteiger partial charge on any atom is 0.573 e. The number of hydrogen-bond donors (Lipinski definition) is 2. The molecule has 0 radical (unpaired) electrons. The van der Waals surface area contributed by atoms with E-state index in [0.29, 0.717) is 0 Å². The van der Waals surface area contributed by atoms with Gasteiger partial charge in [-0.1, -0.05) is 6.07 Å². The number of benzene rings is 2. The van der Waals surface area contributed by atoms with Crippen LogP contribution in [0.2, 0.25) is 0 Å². The minimum Gasteiger partial charge on any atom is -0.406 e. The van der Waals surface area contributed by atoms with Crippen LogP contribution in [0, 0.1) is 5.82 Å². The maximum absolute atomic E-state index is 13.1. The van der Waals surface area contributed by atoms with Gasteiger partial charge in [-0.25, -0.2) is 4.39 Å². The highest BCUT2D eigenvalue weighted by molar-refractivity contribution is 5.98. The van der Waals surface area contributed by atoms with Crippen LogP contribution in [-0.2, 0) is 9.59 Å². The lowest BCUT2D eigenvalue weighted by Gasteiger charge is -2.17. The lowest BCUT2D eigenvalue weighted by atomic mass is 10.2. The summed E-state index contributed by atoms with van der Waals surface area (Å²) >= 11 is 0. The number of halogens is 4. The summed E-state index contributed by atoms with van der Waals surface area (Å²) < 4.78 is 53.2. The van der Waals surface area contributed by atoms with Crippen molar-refractivity contribution in [2.75, 3.05) is 25.5 Å². The molecule has 160 valence electrons. The molecule has 0 aliphatic carbocycles. The van der Waals surface area contributed by atoms with E-state index in [-0.39, 0.29) is 17.8 Å².